The predicted molar refractivity (Wildman–Crippen MR) is 98.3 cm³/mol. The van der Waals surface area contributed by atoms with Crippen molar-refractivity contribution in [3.05, 3.63) is 35.6 Å². The fraction of sp³-hybridized carbons (Fsp3) is 0.556. The summed E-state index contributed by atoms with van der Waals surface area (Å²) in [5.74, 6) is -0.611. The van der Waals surface area contributed by atoms with Crippen LogP contribution >= 0.6 is 12.4 Å². The molecule has 1 aliphatic heterocycles. The van der Waals surface area contributed by atoms with Crippen molar-refractivity contribution < 1.29 is 14.0 Å². The number of hydrogen-bond acceptors (Lipinski definition) is 3. The van der Waals surface area contributed by atoms with Crippen molar-refractivity contribution in [2.24, 2.45) is 11.8 Å². The Labute approximate surface area is 154 Å². The van der Waals surface area contributed by atoms with Crippen LogP contribution in [0.25, 0.3) is 0 Å². The van der Waals surface area contributed by atoms with Crippen LogP contribution in [0.5, 0.6) is 0 Å². The molecule has 3 unspecified atom stereocenters. The van der Waals surface area contributed by atoms with Gasteiger partial charge in [-0.2, -0.15) is 0 Å². The van der Waals surface area contributed by atoms with Gasteiger partial charge in [-0.3, -0.25) is 9.59 Å². The molecule has 1 aromatic carbocycles. The van der Waals surface area contributed by atoms with E-state index < -0.39 is 11.9 Å². The van der Waals surface area contributed by atoms with Gasteiger partial charge in [0, 0.05) is 18.2 Å². The number of nitrogens with one attached hydrogen (secondary N) is 3. The number of carbonyl (C=O) groups is 2. The Balaban J connectivity index is 0.00000312. The molecule has 1 heterocycles. The van der Waals surface area contributed by atoms with E-state index in [9.17, 15) is 14.0 Å². The minimum absolute atomic E-state index is 0. The lowest BCUT2D eigenvalue weighted by Crippen LogP contribution is -2.56. The summed E-state index contributed by atoms with van der Waals surface area (Å²) in [5, 5.41) is 9.08. The van der Waals surface area contributed by atoms with Crippen molar-refractivity contribution >= 4 is 24.2 Å². The minimum atomic E-state index is -0.628. The highest BCUT2D eigenvalue weighted by Gasteiger charge is 2.29. The van der Waals surface area contributed by atoms with Gasteiger partial charge < -0.3 is 16.0 Å². The summed E-state index contributed by atoms with van der Waals surface area (Å²) < 4.78 is 13.0. The van der Waals surface area contributed by atoms with Crippen molar-refractivity contribution in [3.8, 4) is 0 Å². The molecular weight excluding hydrogens is 345 g/mol. The molecule has 0 spiro atoms. The minimum Gasteiger partial charge on any atom is -0.350 e. The zero-order chi connectivity index (χ0) is 17.7. The average molecular weight is 372 g/mol. The van der Waals surface area contributed by atoms with Crippen LogP contribution < -0.4 is 16.0 Å². The number of rotatable bonds is 5. The normalized spacial score (nSPS) is 21.2. The standard InChI is InChI=1S/C18H26FN3O2.ClH/c1-11(2)16(18(24)21-15-10-20-9-8-12(15)3)22-17(23)13-4-6-14(19)7-5-13;/h4-7,11-12,15-16,20H,8-10H2,1-3H3,(H,21,24)(H,22,23);1H. The summed E-state index contributed by atoms with van der Waals surface area (Å²) in [7, 11) is 0. The Morgan fingerprint density at radius 1 is 1.24 bits per heavy atom. The molecule has 1 aromatic rings. The van der Waals surface area contributed by atoms with Gasteiger partial charge in [-0.25, -0.2) is 4.39 Å². The predicted octanol–water partition coefficient (Wildman–Crippen LogP) is 2.12. The topological polar surface area (TPSA) is 70.2 Å². The monoisotopic (exact) mass is 371 g/mol. The smallest absolute Gasteiger partial charge is 0.251 e. The zero-order valence-corrected chi connectivity index (χ0v) is 15.7. The number of piperidine rings is 1. The Morgan fingerprint density at radius 3 is 2.44 bits per heavy atom. The van der Waals surface area contributed by atoms with E-state index in [-0.39, 0.29) is 36.2 Å². The van der Waals surface area contributed by atoms with Crippen LogP contribution in [0.3, 0.4) is 0 Å². The Kier molecular flexibility index (Phi) is 8.32. The van der Waals surface area contributed by atoms with Crippen LogP contribution in [0.4, 0.5) is 4.39 Å². The maximum absolute atomic E-state index is 13.0. The van der Waals surface area contributed by atoms with E-state index in [1.54, 1.807) is 0 Å². The van der Waals surface area contributed by atoms with Gasteiger partial charge in [-0.1, -0.05) is 20.8 Å². The SMILES string of the molecule is CC(C)C(NC(=O)c1ccc(F)cc1)C(=O)NC1CNCCC1C.Cl. The summed E-state index contributed by atoms with van der Waals surface area (Å²) in [6.07, 6.45) is 1.01. The highest BCUT2D eigenvalue weighted by atomic mass is 35.5. The lowest BCUT2D eigenvalue weighted by Gasteiger charge is -2.32. The summed E-state index contributed by atoms with van der Waals surface area (Å²) >= 11 is 0. The molecule has 1 fully saturated rings. The van der Waals surface area contributed by atoms with E-state index in [1.165, 1.54) is 24.3 Å². The third kappa shape index (κ3) is 5.97. The maximum Gasteiger partial charge on any atom is 0.251 e. The molecule has 7 heteroatoms. The van der Waals surface area contributed by atoms with E-state index in [0.717, 1.165) is 19.5 Å². The fourth-order valence-electron chi connectivity index (χ4n) is 2.82. The van der Waals surface area contributed by atoms with Crippen molar-refractivity contribution in [2.75, 3.05) is 13.1 Å². The summed E-state index contributed by atoms with van der Waals surface area (Å²) in [4.78, 5) is 24.9. The second kappa shape index (κ2) is 9.73. The molecule has 0 saturated carbocycles. The Bertz CT molecular complexity index is 580. The van der Waals surface area contributed by atoms with Gasteiger partial charge in [-0.15, -0.1) is 12.4 Å². The molecule has 2 amide bonds. The molecule has 0 radical (unpaired) electrons. The number of amides is 2. The van der Waals surface area contributed by atoms with Crippen LogP contribution in [0.15, 0.2) is 24.3 Å². The Morgan fingerprint density at radius 2 is 1.88 bits per heavy atom. The van der Waals surface area contributed by atoms with Gasteiger partial charge in [0.15, 0.2) is 0 Å². The molecule has 25 heavy (non-hydrogen) atoms. The number of hydrogen-bond donors (Lipinski definition) is 3. The van der Waals surface area contributed by atoms with E-state index in [4.69, 9.17) is 0 Å². The highest BCUT2D eigenvalue weighted by molar-refractivity contribution is 5.97. The zero-order valence-electron chi connectivity index (χ0n) is 14.8. The third-order valence-electron chi connectivity index (χ3n) is 4.50. The van der Waals surface area contributed by atoms with Gasteiger partial charge in [0.25, 0.3) is 5.91 Å². The summed E-state index contributed by atoms with van der Waals surface area (Å²) in [5.41, 5.74) is 0.336. The van der Waals surface area contributed by atoms with Crippen molar-refractivity contribution in [1.29, 1.82) is 0 Å². The first-order chi connectivity index (χ1) is 11.4. The van der Waals surface area contributed by atoms with Crippen LogP contribution in [0.2, 0.25) is 0 Å². The van der Waals surface area contributed by atoms with Crippen LogP contribution in [0.1, 0.15) is 37.6 Å². The summed E-state index contributed by atoms with van der Waals surface area (Å²) in [6, 6.07) is 4.72. The fourth-order valence-corrected chi connectivity index (χ4v) is 2.82. The van der Waals surface area contributed by atoms with Gasteiger partial charge in [-0.05, 0) is 49.1 Å². The maximum atomic E-state index is 13.0. The van der Waals surface area contributed by atoms with E-state index >= 15 is 0 Å². The molecule has 2 rings (SSSR count). The average Bonchev–Trinajstić information content (AvgIpc) is 2.54. The van der Waals surface area contributed by atoms with Crippen LogP contribution in [0, 0.1) is 17.7 Å². The summed E-state index contributed by atoms with van der Waals surface area (Å²) in [6.45, 7) is 7.59. The van der Waals surface area contributed by atoms with Crippen LogP contribution in [-0.4, -0.2) is 37.0 Å². The molecule has 1 saturated heterocycles. The largest absolute Gasteiger partial charge is 0.350 e. The first-order valence-corrected chi connectivity index (χ1v) is 8.46. The molecule has 0 aliphatic carbocycles. The van der Waals surface area contributed by atoms with E-state index in [0.29, 0.717) is 11.5 Å². The number of carbonyl (C=O) groups excluding carboxylic acids is 2. The molecule has 5 nitrogen and oxygen atoms in total. The molecule has 3 N–H and O–H groups in total. The van der Waals surface area contributed by atoms with Gasteiger partial charge in [0.1, 0.15) is 11.9 Å². The van der Waals surface area contributed by atoms with Crippen LogP contribution in [-0.2, 0) is 4.79 Å². The van der Waals surface area contributed by atoms with Gasteiger partial charge in [0.05, 0.1) is 0 Å². The van der Waals surface area contributed by atoms with Crippen molar-refractivity contribution in [1.82, 2.24) is 16.0 Å². The molecule has 0 bridgehead atoms. The molecule has 140 valence electrons. The molecule has 0 aromatic heterocycles. The van der Waals surface area contributed by atoms with Crippen molar-refractivity contribution in [2.45, 2.75) is 39.3 Å². The lowest BCUT2D eigenvalue weighted by atomic mass is 9.93. The first-order valence-electron chi connectivity index (χ1n) is 8.46. The highest BCUT2D eigenvalue weighted by Crippen LogP contribution is 2.13. The van der Waals surface area contributed by atoms with Crippen molar-refractivity contribution in [3.63, 3.8) is 0 Å². The molecule has 1 aliphatic rings. The van der Waals surface area contributed by atoms with Gasteiger partial charge in [0.2, 0.25) is 5.91 Å². The number of halogens is 2. The van der Waals surface area contributed by atoms with Gasteiger partial charge >= 0.3 is 0 Å². The first kappa shape index (κ1) is 21.4. The lowest BCUT2D eigenvalue weighted by molar-refractivity contribution is -0.125. The quantitative estimate of drug-likeness (QED) is 0.742. The second-order valence-electron chi connectivity index (χ2n) is 6.79. The van der Waals surface area contributed by atoms with E-state index in [2.05, 4.69) is 22.9 Å². The van der Waals surface area contributed by atoms with E-state index in [1.807, 2.05) is 13.8 Å². The molecule has 3 atom stereocenters. The third-order valence-corrected chi connectivity index (χ3v) is 4.50. The second-order valence-corrected chi connectivity index (χ2v) is 6.79. The molecular formula is C18H27ClFN3O2. The number of benzene rings is 1. The Hall–Kier alpha value is -1.66.